The standard InChI is InChI=1S/C38H26N4/c1-24-10-7-18-33-35(24)29-14-3-5-16-31(29)41(33)37-28(27-13-9-12-26(22-27)23-39)20-21-40-38(37)42-32-17-6-4-15-30(32)36-25(2)11-8-19-34(36)42/h3-22H,1-2H3. The average molecular weight is 539 g/mol. The van der Waals surface area contributed by atoms with Gasteiger partial charge in [0.25, 0.3) is 0 Å². The van der Waals surface area contributed by atoms with Gasteiger partial charge in [0.15, 0.2) is 5.82 Å². The van der Waals surface area contributed by atoms with Gasteiger partial charge in [0.1, 0.15) is 0 Å². The molecule has 0 bridgehead atoms. The minimum absolute atomic E-state index is 0.627. The van der Waals surface area contributed by atoms with E-state index in [-0.39, 0.29) is 0 Å². The second-order valence-electron chi connectivity index (χ2n) is 10.9. The van der Waals surface area contributed by atoms with Crippen molar-refractivity contribution in [2.45, 2.75) is 13.8 Å². The maximum Gasteiger partial charge on any atom is 0.162 e. The number of benzene rings is 5. The molecule has 0 radical (unpaired) electrons. The molecule has 4 nitrogen and oxygen atoms in total. The quantitative estimate of drug-likeness (QED) is 0.225. The van der Waals surface area contributed by atoms with E-state index in [2.05, 4.69) is 126 Å². The number of nitriles is 1. The second-order valence-corrected chi connectivity index (χ2v) is 10.9. The van der Waals surface area contributed by atoms with Gasteiger partial charge in [-0.05, 0) is 73.0 Å². The molecule has 8 rings (SSSR count). The molecule has 0 aliphatic rings. The lowest BCUT2D eigenvalue weighted by Crippen LogP contribution is -2.08. The molecule has 3 heterocycles. The van der Waals surface area contributed by atoms with Gasteiger partial charge >= 0.3 is 0 Å². The Morgan fingerprint density at radius 1 is 0.595 bits per heavy atom. The predicted octanol–water partition coefficient (Wildman–Crippen LogP) is 9.43. The van der Waals surface area contributed by atoms with Gasteiger partial charge in [-0.25, -0.2) is 4.98 Å². The lowest BCUT2D eigenvalue weighted by molar-refractivity contribution is 1.03. The van der Waals surface area contributed by atoms with Gasteiger partial charge < -0.3 is 4.57 Å². The van der Waals surface area contributed by atoms with E-state index < -0.39 is 0 Å². The monoisotopic (exact) mass is 538 g/mol. The number of hydrogen-bond acceptors (Lipinski definition) is 2. The van der Waals surface area contributed by atoms with Crippen LogP contribution in [0.25, 0.3) is 66.2 Å². The highest BCUT2D eigenvalue weighted by atomic mass is 15.1. The van der Waals surface area contributed by atoms with Crippen LogP contribution in [0.15, 0.2) is 121 Å². The Bertz CT molecular complexity index is 2400. The number of hydrogen-bond donors (Lipinski definition) is 0. The van der Waals surface area contributed by atoms with E-state index in [9.17, 15) is 5.26 Å². The molecule has 42 heavy (non-hydrogen) atoms. The zero-order valence-corrected chi connectivity index (χ0v) is 23.3. The van der Waals surface area contributed by atoms with Gasteiger partial charge in [-0.3, -0.25) is 4.57 Å². The van der Waals surface area contributed by atoms with Crippen molar-refractivity contribution in [1.82, 2.24) is 14.1 Å². The van der Waals surface area contributed by atoms with Crippen LogP contribution in [0.4, 0.5) is 0 Å². The summed E-state index contributed by atoms with van der Waals surface area (Å²) in [6, 6.07) is 42.4. The topological polar surface area (TPSA) is 46.5 Å². The van der Waals surface area contributed by atoms with Crippen LogP contribution < -0.4 is 0 Å². The molecule has 8 aromatic rings. The van der Waals surface area contributed by atoms with Gasteiger partial charge in [-0.2, -0.15) is 5.26 Å². The van der Waals surface area contributed by atoms with Crippen LogP contribution in [0.5, 0.6) is 0 Å². The first-order chi connectivity index (χ1) is 20.7. The Kier molecular flexibility index (Phi) is 5.29. The van der Waals surface area contributed by atoms with Crippen molar-refractivity contribution >= 4 is 43.6 Å². The molecule has 0 aliphatic carbocycles. The number of fused-ring (bicyclic) bond motifs is 6. The van der Waals surface area contributed by atoms with E-state index in [1.54, 1.807) is 0 Å². The highest BCUT2D eigenvalue weighted by molar-refractivity contribution is 6.13. The van der Waals surface area contributed by atoms with Crippen LogP contribution >= 0.6 is 0 Å². The number of pyridine rings is 1. The SMILES string of the molecule is Cc1cccc2c1c1ccccc1n2-c1nccc(-c2cccc(C#N)c2)c1-n1c2ccccc2c2c(C)cccc21. The Morgan fingerprint density at radius 2 is 1.17 bits per heavy atom. The Labute approximate surface area is 243 Å². The van der Waals surface area contributed by atoms with Crippen molar-refractivity contribution in [1.29, 1.82) is 5.26 Å². The summed E-state index contributed by atoms with van der Waals surface area (Å²) >= 11 is 0. The third-order valence-electron chi connectivity index (χ3n) is 8.46. The Balaban J connectivity index is 1.61. The van der Waals surface area contributed by atoms with Crippen molar-refractivity contribution < 1.29 is 0 Å². The summed E-state index contributed by atoms with van der Waals surface area (Å²) in [5.41, 5.74) is 10.5. The highest BCUT2D eigenvalue weighted by Crippen LogP contribution is 2.42. The van der Waals surface area contributed by atoms with Crippen molar-refractivity contribution in [3.8, 4) is 28.7 Å². The fraction of sp³-hybridized carbons (Fsp3) is 0.0526. The minimum Gasteiger partial charge on any atom is -0.305 e. The van der Waals surface area contributed by atoms with Gasteiger partial charge in [0.2, 0.25) is 0 Å². The second kappa shape index (κ2) is 9.19. The molecule has 0 saturated heterocycles. The molecule has 0 fully saturated rings. The van der Waals surface area contributed by atoms with E-state index in [0.29, 0.717) is 5.56 Å². The number of aryl methyl sites for hydroxylation is 2. The number of nitrogens with zero attached hydrogens (tertiary/aromatic N) is 4. The van der Waals surface area contributed by atoms with Crippen LogP contribution in [0.2, 0.25) is 0 Å². The average Bonchev–Trinajstić information content (AvgIpc) is 3.55. The first-order valence-corrected chi connectivity index (χ1v) is 14.1. The molecule has 0 unspecified atom stereocenters. The maximum atomic E-state index is 9.77. The van der Waals surface area contributed by atoms with Gasteiger partial charge in [0.05, 0.1) is 39.4 Å². The number of aromatic nitrogens is 3. The van der Waals surface area contributed by atoms with Crippen molar-refractivity contribution in [3.05, 3.63) is 138 Å². The molecule has 0 N–H and O–H groups in total. The molecule has 0 aliphatic heterocycles. The molecule has 0 atom stereocenters. The van der Waals surface area contributed by atoms with Crippen LogP contribution in [0, 0.1) is 25.2 Å². The Hall–Kier alpha value is -5.66. The lowest BCUT2D eigenvalue weighted by atomic mass is 10.0. The summed E-state index contributed by atoms with van der Waals surface area (Å²) in [4.78, 5) is 5.15. The fourth-order valence-corrected chi connectivity index (χ4v) is 6.68. The van der Waals surface area contributed by atoms with E-state index in [0.717, 1.165) is 44.7 Å². The van der Waals surface area contributed by atoms with Gasteiger partial charge in [0, 0.05) is 33.3 Å². The maximum absolute atomic E-state index is 9.77. The summed E-state index contributed by atoms with van der Waals surface area (Å²) in [7, 11) is 0. The lowest BCUT2D eigenvalue weighted by Gasteiger charge is -2.19. The zero-order chi connectivity index (χ0) is 28.4. The highest BCUT2D eigenvalue weighted by Gasteiger charge is 2.24. The summed E-state index contributed by atoms with van der Waals surface area (Å²) in [6.07, 6.45) is 1.89. The first kappa shape index (κ1) is 24.2. The van der Waals surface area contributed by atoms with Gasteiger partial charge in [-0.15, -0.1) is 0 Å². The molecular weight excluding hydrogens is 512 g/mol. The zero-order valence-electron chi connectivity index (χ0n) is 23.3. The molecule has 4 heteroatoms. The van der Waals surface area contributed by atoms with Crippen LogP contribution in [-0.2, 0) is 0 Å². The predicted molar refractivity (Wildman–Crippen MR) is 173 cm³/mol. The third kappa shape index (κ3) is 3.38. The van der Waals surface area contributed by atoms with Crippen LogP contribution in [-0.4, -0.2) is 14.1 Å². The third-order valence-corrected chi connectivity index (χ3v) is 8.46. The number of rotatable bonds is 3. The normalized spacial score (nSPS) is 11.5. The summed E-state index contributed by atoms with van der Waals surface area (Å²) in [6.45, 7) is 4.35. The molecule has 0 spiro atoms. The van der Waals surface area contributed by atoms with E-state index in [1.807, 2.05) is 24.4 Å². The molecule has 3 aromatic heterocycles. The molecule has 5 aromatic carbocycles. The molecular formula is C38H26N4. The van der Waals surface area contributed by atoms with Crippen LogP contribution in [0.3, 0.4) is 0 Å². The van der Waals surface area contributed by atoms with Gasteiger partial charge in [-0.1, -0.05) is 72.8 Å². The summed E-state index contributed by atoms with van der Waals surface area (Å²) in [5.74, 6) is 0.843. The molecule has 198 valence electrons. The van der Waals surface area contributed by atoms with Crippen molar-refractivity contribution in [2.24, 2.45) is 0 Å². The first-order valence-electron chi connectivity index (χ1n) is 14.1. The van der Waals surface area contributed by atoms with E-state index in [1.165, 1.54) is 32.7 Å². The van der Waals surface area contributed by atoms with Crippen molar-refractivity contribution in [2.75, 3.05) is 0 Å². The minimum atomic E-state index is 0.627. The Morgan fingerprint density at radius 3 is 1.83 bits per heavy atom. The molecule has 0 amide bonds. The largest absolute Gasteiger partial charge is 0.305 e. The summed E-state index contributed by atoms with van der Waals surface area (Å²) in [5, 5.41) is 14.6. The fourth-order valence-electron chi connectivity index (χ4n) is 6.68. The number of para-hydroxylation sites is 2. The summed E-state index contributed by atoms with van der Waals surface area (Å²) < 4.78 is 4.67. The van der Waals surface area contributed by atoms with E-state index >= 15 is 0 Å². The molecule has 0 saturated carbocycles. The smallest absolute Gasteiger partial charge is 0.162 e. The van der Waals surface area contributed by atoms with E-state index in [4.69, 9.17) is 4.98 Å². The van der Waals surface area contributed by atoms with Crippen molar-refractivity contribution in [3.63, 3.8) is 0 Å². The van der Waals surface area contributed by atoms with Crippen LogP contribution in [0.1, 0.15) is 16.7 Å².